The van der Waals surface area contributed by atoms with Gasteiger partial charge >= 0.3 is 0 Å². The van der Waals surface area contributed by atoms with Crippen LogP contribution >= 0.6 is 36.4 Å². The number of halogens is 3. The highest BCUT2D eigenvalue weighted by Gasteiger charge is 2.01. The number of aliphatic hydroxyl groups is 1. The van der Waals surface area contributed by atoms with Gasteiger partial charge in [0.1, 0.15) is 12.4 Å². The van der Waals surface area contributed by atoms with Crippen molar-refractivity contribution < 1.29 is 9.84 Å². The van der Waals surface area contributed by atoms with Crippen molar-refractivity contribution in [3.63, 3.8) is 0 Å². The largest absolute Gasteiger partial charge is 0.489 e. The molecule has 146 valence electrons. The van der Waals surface area contributed by atoms with Crippen molar-refractivity contribution in [2.75, 3.05) is 26.2 Å². The van der Waals surface area contributed by atoms with Gasteiger partial charge in [0, 0.05) is 23.7 Å². The van der Waals surface area contributed by atoms with Crippen LogP contribution in [-0.2, 0) is 13.2 Å². The summed E-state index contributed by atoms with van der Waals surface area (Å²) in [4.78, 5) is 0. The lowest BCUT2D eigenvalue weighted by atomic mass is 10.2. The second-order valence-electron chi connectivity index (χ2n) is 5.53. The van der Waals surface area contributed by atoms with Crippen LogP contribution in [0.2, 0.25) is 5.02 Å². The lowest BCUT2D eigenvalue weighted by molar-refractivity contribution is 0.292. The molecule has 4 nitrogen and oxygen atoms in total. The third-order valence-electron chi connectivity index (χ3n) is 3.60. The summed E-state index contributed by atoms with van der Waals surface area (Å²) in [6, 6.07) is 15.8. The molecule has 0 aliphatic rings. The van der Waals surface area contributed by atoms with Gasteiger partial charge in [0.05, 0.1) is 6.61 Å². The maximum absolute atomic E-state index is 8.66. The van der Waals surface area contributed by atoms with Crippen LogP contribution in [0.25, 0.3) is 0 Å². The van der Waals surface area contributed by atoms with Crippen LogP contribution in [0.5, 0.6) is 5.75 Å². The van der Waals surface area contributed by atoms with Crippen molar-refractivity contribution >= 4 is 36.4 Å². The van der Waals surface area contributed by atoms with E-state index in [0.717, 1.165) is 42.4 Å². The molecule has 0 amide bonds. The molecule has 0 unspecified atom stereocenters. The average Bonchev–Trinajstić information content (AvgIpc) is 2.61. The highest BCUT2D eigenvalue weighted by atomic mass is 35.5. The molecular weight excluding hydrogens is 395 g/mol. The van der Waals surface area contributed by atoms with E-state index in [2.05, 4.69) is 22.8 Å². The molecule has 0 bridgehead atoms. The molecule has 2 aromatic rings. The fourth-order valence-corrected chi connectivity index (χ4v) is 2.45. The molecule has 0 spiro atoms. The Morgan fingerprint density at radius 3 is 2.27 bits per heavy atom. The van der Waals surface area contributed by atoms with Gasteiger partial charge in [0.2, 0.25) is 0 Å². The summed E-state index contributed by atoms with van der Waals surface area (Å²) in [5.41, 5.74) is 2.21. The van der Waals surface area contributed by atoms with Gasteiger partial charge in [-0.2, -0.15) is 0 Å². The Kier molecular flexibility index (Phi) is 14.5. The second kappa shape index (κ2) is 15.1. The van der Waals surface area contributed by atoms with Gasteiger partial charge < -0.3 is 20.5 Å². The molecule has 0 saturated carbocycles. The number of hydrogen-bond donors (Lipinski definition) is 3. The number of aliphatic hydroxyl groups excluding tert-OH is 1. The van der Waals surface area contributed by atoms with Crippen LogP contribution in [0.3, 0.4) is 0 Å². The molecule has 0 aliphatic carbocycles. The number of hydrogen-bond acceptors (Lipinski definition) is 4. The van der Waals surface area contributed by atoms with E-state index in [9.17, 15) is 0 Å². The summed E-state index contributed by atoms with van der Waals surface area (Å²) in [6.45, 7) is 4.03. The van der Waals surface area contributed by atoms with Crippen molar-refractivity contribution in [2.45, 2.75) is 19.6 Å². The van der Waals surface area contributed by atoms with E-state index >= 15 is 0 Å². The Labute approximate surface area is 173 Å². The zero-order chi connectivity index (χ0) is 17.0. The first kappa shape index (κ1) is 25.0. The second-order valence-corrected chi connectivity index (χ2v) is 5.94. The molecule has 3 N–H and O–H groups in total. The van der Waals surface area contributed by atoms with E-state index in [1.165, 1.54) is 5.56 Å². The van der Waals surface area contributed by atoms with E-state index in [0.29, 0.717) is 13.2 Å². The number of ether oxygens (including phenoxy) is 1. The van der Waals surface area contributed by atoms with Gasteiger partial charge in [-0.3, -0.25) is 0 Å². The van der Waals surface area contributed by atoms with E-state index in [4.69, 9.17) is 21.4 Å². The van der Waals surface area contributed by atoms with E-state index < -0.39 is 0 Å². The summed E-state index contributed by atoms with van der Waals surface area (Å²) in [5.74, 6) is 0.840. The predicted octanol–water partition coefficient (Wildman–Crippen LogP) is 3.82. The van der Waals surface area contributed by atoms with Crippen molar-refractivity contribution in [2.24, 2.45) is 0 Å². The zero-order valence-corrected chi connectivity index (χ0v) is 17.0. The molecule has 0 radical (unpaired) electrons. The third kappa shape index (κ3) is 9.62. The van der Waals surface area contributed by atoms with Crippen LogP contribution < -0.4 is 15.4 Å². The maximum atomic E-state index is 8.66. The topological polar surface area (TPSA) is 53.5 Å². The lowest BCUT2D eigenvalue weighted by Crippen LogP contribution is -2.23. The first-order valence-corrected chi connectivity index (χ1v) is 8.65. The van der Waals surface area contributed by atoms with Crippen molar-refractivity contribution in [3.05, 3.63) is 64.7 Å². The smallest absolute Gasteiger partial charge is 0.119 e. The highest BCUT2D eigenvalue weighted by Crippen LogP contribution is 2.18. The first-order valence-electron chi connectivity index (χ1n) is 8.27. The number of nitrogens with one attached hydrogen (secondary N) is 2. The molecule has 0 atom stereocenters. The Morgan fingerprint density at radius 2 is 1.58 bits per heavy atom. The van der Waals surface area contributed by atoms with Crippen LogP contribution in [0.15, 0.2) is 48.5 Å². The molecule has 2 rings (SSSR count). The zero-order valence-electron chi connectivity index (χ0n) is 14.6. The minimum atomic E-state index is 0. The standard InChI is InChI=1S/C19H25ClN2O2.2ClH/c20-19-5-2-1-4-17(19)15-24-18-8-6-16(7-9-18)14-22-11-3-10-21-12-13-23;;/h1-2,4-9,21-23H,3,10-15H2;2*1H. The fourth-order valence-electron chi connectivity index (χ4n) is 2.26. The summed E-state index contributed by atoms with van der Waals surface area (Å²) in [7, 11) is 0. The SMILES string of the molecule is Cl.Cl.OCCNCCCNCc1ccc(OCc2ccccc2Cl)cc1. The molecule has 26 heavy (non-hydrogen) atoms. The van der Waals surface area contributed by atoms with Gasteiger partial charge in [0.25, 0.3) is 0 Å². The van der Waals surface area contributed by atoms with E-state index in [-0.39, 0.29) is 31.4 Å². The minimum Gasteiger partial charge on any atom is -0.489 e. The summed E-state index contributed by atoms with van der Waals surface area (Å²) < 4.78 is 5.77. The predicted molar refractivity (Wildman–Crippen MR) is 113 cm³/mol. The van der Waals surface area contributed by atoms with Crippen molar-refractivity contribution in [3.8, 4) is 5.75 Å². The number of rotatable bonds is 11. The highest BCUT2D eigenvalue weighted by molar-refractivity contribution is 6.31. The minimum absolute atomic E-state index is 0. The van der Waals surface area contributed by atoms with Gasteiger partial charge in [-0.25, -0.2) is 0 Å². The summed E-state index contributed by atoms with van der Waals surface area (Å²) >= 11 is 6.12. The Bertz CT molecular complexity index is 598. The lowest BCUT2D eigenvalue weighted by Gasteiger charge is -2.09. The van der Waals surface area contributed by atoms with Gasteiger partial charge in [0.15, 0.2) is 0 Å². The quantitative estimate of drug-likeness (QED) is 0.483. The fraction of sp³-hybridized carbons (Fsp3) is 0.368. The van der Waals surface area contributed by atoms with Crippen molar-refractivity contribution in [1.29, 1.82) is 0 Å². The van der Waals surface area contributed by atoms with Gasteiger partial charge in [-0.15, -0.1) is 24.8 Å². The maximum Gasteiger partial charge on any atom is 0.119 e. The summed E-state index contributed by atoms with van der Waals surface area (Å²) in [6.07, 6.45) is 1.04. The van der Waals surface area contributed by atoms with Crippen LogP contribution in [0.1, 0.15) is 17.5 Å². The molecule has 0 aromatic heterocycles. The van der Waals surface area contributed by atoms with E-state index in [1.807, 2.05) is 36.4 Å². The van der Waals surface area contributed by atoms with Gasteiger partial charge in [-0.1, -0.05) is 41.9 Å². The molecular formula is C19H27Cl3N2O2. The van der Waals surface area contributed by atoms with Crippen molar-refractivity contribution in [1.82, 2.24) is 10.6 Å². The molecule has 0 heterocycles. The summed E-state index contributed by atoms with van der Waals surface area (Å²) in [5, 5.41) is 15.9. The van der Waals surface area contributed by atoms with Crippen LogP contribution in [0.4, 0.5) is 0 Å². The average molecular weight is 422 g/mol. The van der Waals surface area contributed by atoms with Gasteiger partial charge in [-0.05, 0) is 43.3 Å². The molecule has 0 fully saturated rings. The van der Waals surface area contributed by atoms with Crippen LogP contribution in [0, 0.1) is 0 Å². The monoisotopic (exact) mass is 420 g/mol. The normalized spacial score (nSPS) is 9.92. The molecule has 0 saturated heterocycles. The Balaban J connectivity index is 0.00000312. The third-order valence-corrected chi connectivity index (χ3v) is 3.97. The molecule has 0 aliphatic heterocycles. The van der Waals surface area contributed by atoms with Crippen LogP contribution in [-0.4, -0.2) is 31.3 Å². The first-order chi connectivity index (χ1) is 11.8. The Morgan fingerprint density at radius 1 is 0.885 bits per heavy atom. The number of benzene rings is 2. The van der Waals surface area contributed by atoms with E-state index in [1.54, 1.807) is 0 Å². The Hall–Kier alpha value is -1.01. The molecule has 7 heteroatoms. The molecule has 2 aromatic carbocycles.